The van der Waals surface area contributed by atoms with E-state index in [1.807, 2.05) is 48.5 Å². The second-order valence-corrected chi connectivity index (χ2v) is 5.57. The molecule has 0 aromatic heterocycles. The van der Waals surface area contributed by atoms with Gasteiger partial charge in [0, 0.05) is 9.79 Å². The smallest absolute Gasteiger partial charge is 0.138 e. The van der Waals surface area contributed by atoms with E-state index in [4.69, 9.17) is 10.5 Å². The molecule has 92 valence electrons. The van der Waals surface area contributed by atoms with Crippen molar-refractivity contribution in [2.75, 3.05) is 0 Å². The normalized spacial score (nSPS) is 9.58. The second kappa shape index (κ2) is 6.89. The summed E-state index contributed by atoms with van der Waals surface area (Å²) in [5.74, 6) is 0. The van der Waals surface area contributed by atoms with Gasteiger partial charge in [-0.15, -0.1) is 0 Å². The number of hydrogen-bond acceptors (Lipinski definition) is 4. The van der Waals surface area contributed by atoms with Gasteiger partial charge in [-0.2, -0.15) is 10.5 Å². The van der Waals surface area contributed by atoms with Crippen molar-refractivity contribution in [3.8, 4) is 10.8 Å². The fourth-order valence-electron chi connectivity index (χ4n) is 1.69. The van der Waals surface area contributed by atoms with Crippen LogP contribution < -0.4 is 0 Å². The summed E-state index contributed by atoms with van der Waals surface area (Å²) >= 11 is 2.34. The Labute approximate surface area is 121 Å². The highest BCUT2D eigenvalue weighted by Crippen LogP contribution is 2.20. The summed E-state index contributed by atoms with van der Waals surface area (Å²) < 4.78 is 0. The number of thioether (sulfide) groups is 2. The van der Waals surface area contributed by atoms with E-state index < -0.39 is 0 Å². The predicted molar refractivity (Wildman–Crippen MR) is 78.6 cm³/mol. The van der Waals surface area contributed by atoms with Gasteiger partial charge in [0.2, 0.25) is 0 Å². The molecule has 2 rings (SSSR count). The molecule has 0 bridgehead atoms. The minimum absolute atomic E-state index is 0.856. The third-order valence-electron chi connectivity index (χ3n) is 2.58. The van der Waals surface area contributed by atoms with E-state index in [-0.39, 0.29) is 0 Å². The highest BCUT2D eigenvalue weighted by atomic mass is 32.2. The zero-order valence-electron chi connectivity index (χ0n) is 10.0. The maximum Gasteiger partial charge on any atom is 0.138 e. The van der Waals surface area contributed by atoms with Crippen LogP contribution in [0.4, 0.5) is 0 Å². The standard InChI is InChI=1S/C15H10N2S2/c16-10-18-14-5-1-12(2-6-14)9-13-3-7-15(8-4-13)19-11-17/h1-8H,9H2. The number of thiocyanates is 2. The van der Waals surface area contributed by atoms with Gasteiger partial charge in [-0.3, -0.25) is 0 Å². The lowest BCUT2D eigenvalue weighted by Crippen LogP contribution is -1.87. The number of hydrogen-bond donors (Lipinski definition) is 0. The van der Waals surface area contributed by atoms with E-state index in [0.29, 0.717) is 0 Å². The molecule has 0 heterocycles. The predicted octanol–water partition coefficient (Wildman–Crippen LogP) is 4.42. The molecule has 2 aromatic rings. The minimum Gasteiger partial charge on any atom is -0.185 e. The van der Waals surface area contributed by atoms with Crippen LogP contribution in [-0.4, -0.2) is 0 Å². The highest BCUT2D eigenvalue weighted by Gasteiger charge is 1.99. The molecule has 0 atom stereocenters. The van der Waals surface area contributed by atoms with Crippen molar-refractivity contribution in [2.45, 2.75) is 16.2 Å². The lowest BCUT2D eigenvalue weighted by molar-refractivity contribution is 1.17. The average molecular weight is 282 g/mol. The quantitative estimate of drug-likeness (QED) is 0.615. The van der Waals surface area contributed by atoms with Crippen LogP contribution in [0, 0.1) is 21.3 Å². The van der Waals surface area contributed by atoms with E-state index in [1.54, 1.807) is 0 Å². The summed E-state index contributed by atoms with van der Waals surface area (Å²) in [6.07, 6.45) is 0.856. The molecule has 0 spiro atoms. The first kappa shape index (κ1) is 13.5. The molecule has 0 N–H and O–H groups in total. The number of rotatable bonds is 4. The molecule has 0 unspecified atom stereocenters. The lowest BCUT2D eigenvalue weighted by Gasteiger charge is -2.03. The average Bonchev–Trinajstić information content (AvgIpc) is 2.44. The largest absolute Gasteiger partial charge is 0.185 e. The molecule has 2 aromatic carbocycles. The minimum atomic E-state index is 0.856. The van der Waals surface area contributed by atoms with Crippen molar-refractivity contribution in [3.63, 3.8) is 0 Å². The molecule has 19 heavy (non-hydrogen) atoms. The van der Waals surface area contributed by atoms with Crippen LogP contribution >= 0.6 is 23.5 Å². The summed E-state index contributed by atoms with van der Waals surface area (Å²) in [5.41, 5.74) is 2.42. The van der Waals surface area contributed by atoms with E-state index in [2.05, 4.69) is 10.8 Å². The SMILES string of the molecule is N#CSc1ccc(Cc2ccc(SC#N)cc2)cc1. The Balaban J connectivity index is 2.04. The molecule has 0 saturated carbocycles. The first-order valence-electron chi connectivity index (χ1n) is 5.61. The summed E-state index contributed by atoms with van der Waals surface area (Å²) in [7, 11) is 0. The molecule has 0 aliphatic carbocycles. The summed E-state index contributed by atoms with van der Waals surface area (Å²) in [4.78, 5) is 1.93. The van der Waals surface area contributed by atoms with Crippen LogP contribution in [0.25, 0.3) is 0 Å². The molecular formula is C15H10N2S2. The number of benzene rings is 2. The molecule has 0 fully saturated rings. The summed E-state index contributed by atoms with van der Waals surface area (Å²) in [5, 5.41) is 21.3. The third kappa shape index (κ3) is 4.06. The van der Waals surface area contributed by atoms with Gasteiger partial charge in [-0.05, 0) is 65.3 Å². The molecular weight excluding hydrogens is 272 g/mol. The zero-order chi connectivity index (χ0) is 13.5. The second-order valence-electron chi connectivity index (χ2n) is 3.85. The van der Waals surface area contributed by atoms with Gasteiger partial charge >= 0.3 is 0 Å². The van der Waals surface area contributed by atoms with Crippen molar-refractivity contribution in [2.24, 2.45) is 0 Å². The van der Waals surface area contributed by atoms with E-state index in [1.165, 1.54) is 34.7 Å². The van der Waals surface area contributed by atoms with Crippen LogP contribution in [-0.2, 0) is 6.42 Å². The molecule has 2 nitrogen and oxygen atoms in total. The van der Waals surface area contributed by atoms with Crippen LogP contribution in [0.15, 0.2) is 58.3 Å². The van der Waals surface area contributed by atoms with Crippen molar-refractivity contribution in [1.29, 1.82) is 10.5 Å². The van der Waals surface area contributed by atoms with Gasteiger partial charge in [0.25, 0.3) is 0 Å². The van der Waals surface area contributed by atoms with Gasteiger partial charge < -0.3 is 0 Å². The maximum absolute atomic E-state index is 8.58. The third-order valence-corrected chi connectivity index (χ3v) is 3.78. The molecule has 0 radical (unpaired) electrons. The van der Waals surface area contributed by atoms with E-state index in [9.17, 15) is 0 Å². The Hall–Kier alpha value is -1.88. The Bertz CT molecular complexity index is 562. The Kier molecular flexibility index (Phi) is 4.92. The molecule has 0 saturated heterocycles. The van der Waals surface area contributed by atoms with Crippen molar-refractivity contribution >= 4 is 23.5 Å². The summed E-state index contributed by atoms with van der Waals surface area (Å²) in [6.45, 7) is 0. The lowest BCUT2D eigenvalue weighted by atomic mass is 10.1. The van der Waals surface area contributed by atoms with Gasteiger partial charge in [0.15, 0.2) is 0 Å². The fraction of sp³-hybridized carbons (Fsp3) is 0.0667. The first-order chi connectivity index (χ1) is 9.31. The van der Waals surface area contributed by atoms with Crippen LogP contribution in [0.2, 0.25) is 0 Å². The van der Waals surface area contributed by atoms with Gasteiger partial charge in [0.05, 0.1) is 0 Å². The molecule has 0 amide bonds. The van der Waals surface area contributed by atoms with Crippen molar-refractivity contribution in [1.82, 2.24) is 0 Å². The molecule has 4 heteroatoms. The van der Waals surface area contributed by atoms with Gasteiger partial charge in [-0.25, -0.2) is 0 Å². The van der Waals surface area contributed by atoms with Crippen molar-refractivity contribution < 1.29 is 0 Å². The Morgan fingerprint density at radius 3 is 1.37 bits per heavy atom. The van der Waals surface area contributed by atoms with Crippen LogP contribution in [0.3, 0.4) is 0 Å². The van der Waals surface area contributed by atoms with Gasteiger partial charge in [0.1, 0.15) is 10.8 Å². The fourth-order valence-corrected chi connectivity index (χ4v) is 2.45. The number of nitriles is 2. The van der Waals surface area contributed by atoms with Crippen molar-refractivity contribution in [3.05, 3.63) is 59.7 Å². The Morgan fingerprint density at radius 1 is 0.684 bits per heavy atom. The van der Waals surface area contributed by atoms with Crippen LogP contribution in [0.1, 0.15) is 11.1 Å². The maximum atomic E-state index is 8.58. The molecule has 0 aliphatic rings. The highest BCUT2D eigenvalue weighted by molar-refractivity contribution is 8.04. The van der Waals surface area contributed by atoms with E-state index >= 15 is 0 Å². The van der Waals surface area contributed by atoms with E-state index in [0.717, 1.165) is 16.2 Å². The Morgan fingerprint density at radius 2 is 1.05 bits per heavy atom. The van der Waals surface area contributed by atoms with Gasteiger partial charge in [-0.1, -0.05) is 24.3 Å². The number of nitrogens with zero attached hydrogens (tertiary/aromatic N) is 2. The summed E-state index contributed by atoms with van der Waals surface area (Å²) in [6, 6.07) is 16.0. The molecule has 0 aliphatic heterocycles. The van der Waals surface area contributed by atoms with Crippen LogP contribution in [0.5, 0.6) is 0 Å². The zero-order valence-corrected chi connectivity index (χ0v) is 11.7. The topological polar surface area (TPSA) is 47.6 Å². The first-order valence-corrected chi connectivity index (χ1v) is 7.25. The monoisotopic (exact) mass is 282 g/mol.